The number of rotatable bonds is 2. The second-order valence-corrected chi connectivity index (χ2v) is 10.5. The second kappa shape index (κ2) is 8.08. The van der Waals surface area contributed by atoms with Crippen LogP contribution in [-0.2, 0) is 0 Å². The van der Waals surface area contributed by atoms with Gasteiger partial charge in [-0.3, -0.25) is 0 Å². The summed E-state index contributed by atoms with van der Waals surface area (Å²) in [6, 6.07) is 44.8. The molecule has 3 heterocycles. The van der Waals surface area contributed by atoms with Crippen molar-refractivity contribution in [2.45, 2.75) is 6.17 Å². The summed E-state index contributed by atoms with van der Waals surface area (Å²) in [6.07, 6.45) is -0.214. The maximum absolute atomic E-state index is 6.15. The number of nitrogens with zero attached hydrogens (tertiary/aromatic N) is 2. The van der Waals surface area contributed by atoms with E-state index in [1.807, 2.05) is 18.2 Å². The molecule has 0 aliphatic carbocycles. The fourth-order valence-corrected chi connectivity index (χ4v) is 6.36. The van der Waals surface area contributed by atoms with Crippen molar-refractivity contribution in [3.63, 3.8) is 0 Å². The molecule has 0 radical (unpaired) electrons. The minimum atomic E-state index is -0.214. The number of hydrogen-bond donors (Lipinski definition) is 1. The Morgan fingerprint density at radius 2 is 1.30 bits per heavy atom. The molecule has 0 spiro atoms. The van der Waals surface area contributed by atoms with E-state index < -0.39 is 0 Å². The molecule has 40 heavy (non-hydrogen) atoms. The molecule has 0 saturated carbocycles. The quantitative estimate of drug-likeness (QED) is 0.250. The summed E-state index contributed by atoms with van der Waals surface area (Å²) in [4.78, 5) is 5.30. The SMILES string of the molecule is c1ccc2c(c1)N=C(c1ccc3oc4ccccc4c3c1)C(n1c3ccccc3c3cc4ccccc4cc31)N2. The number of aliphatic imine (C=N–C) groups is 1. The van der Waals surface area contributed by atoms with Crippen molar-refractivity contribution in [1.29, 1.82) is 0 Å². The molecule has 6 aromatic carbocycles. The van der Waals surface area contributed by atoms with Gasteiger partial charge in [0.05, 0.1) is 28.1 Å². The van der Waals surface area contributed by atoms with Gasteiger partial charge in [-0.15, -0.1) is 0 Å². The summed E-state index contributed by atoms with van der Waals surface area (Å²) in [5.41, 5.74) is 8.14. The lowest BCUT2D eigenvalue weighted by Crippen LogP contribution is -2.30. The Morgan fingerprint density at radius 3 is 2.23 bits per heavy atom. The molecular weight excluding hydrogens is 490 g/mol. The predicted octanol–water partition coefficient (Wildman–Crippen LogP) is 9.59. The van der Waals surface area contributed by atoms with Crippen molar-refractivity contribution in [3.8, 4) is 0 Å². The highest BCUT2D eigenvalue weighted by Crippen LogP contribution is 2.41. The average Bonchev–Trinajstić information content (AvgIpc) is 3.54. The van der Waals surface area contributed by atoms with Crippen molar-refractivity contribution in [2.24, 2.45) is 4.99 Å². The van der Waals surface area contributed by atoms with Crippen LogP contribution in [0, 0.1) is 0 Å². The largest absolute Gasteiger partial charge is 0.456 e. The van der Waals surface area contributed by atoms with Crippen molar-refractivity contribution < 1.29 is 4.42 Å². The lowest BCUT2D eigenvalue weighted by atomic mass is 10.0. The van der Waals surface area contributed by atoms with E-state index in [0.29, 0.717) is 0 Å². The molecule has 4 heteroatoms. The third-order valence-electron chi connectivity index (χ3n) is 8.20. The van der Waals surface area contributed by atoms with Crippen molar-refractivity contribution >= 4 is 71.6 Å². The number of hydrogen-bond acceptors (Lipinski definition) is 3. The summed E-state index contributed by atoms with van der Waals surface area (Å²) >= 11 is 0. The zero-order chi connectivity index (χ0) is 26.2. The Labute approximate surface area is 229 Å². The molecule has 188 valence electrons. The van der Waals surface area contributed by atoms with Crippen LogP contribution >= 0.6 is 0 Å². The number of nitrogens with one attached hydrogen (secondary N) is 1. The maximum Gasteiger partial charge on any atom is 0.148 e. The van der Waals surface area contributed by atoms with Crippen molar-refractivity contribution in [2.75, 3.05) is 5.32 Å². The van der Waals surface area contributed by atoms with E-state index in [-0.39, 0.29) is 6.17 Å². The van der Waals surface area contributed by atoms with Gasteiger partial charge in [-0.2, -0.15) is 0 Å². The summed E-state index contributed by atoms with van der Waals surface area (Å²) in [7, 11) is 0. The standard InChI is InChI=1S/C36H23N3O/c1-2-10-23-21-32-27(19-22(23)9-1)25-11-3-7-15-31(25)39(32)36-35(37-29-13-5-6-14-30(29)38-36)24-17-18-34-28(20-24)26-12-4-8-16-33(26)40-34/h1-21,36,38H. The third kappa shape index (κ3) is 3.04. The van der Waals surface area contributed by atoms with Crippen LogP contribution < -0.4 is 5.32 Å². The predicted molar refractivity (Wildman–Crippen MR) is 166 cm³/mol. The van der Waals surface area contributed by atoms with Gasteiger partial charge in [-0.1, -0.05) is 72.8 Å². The first-order chi connectivity index (χ1) is 19.8. The van der Waals surface area contributed by atoms with Crippen molar-refractivity contribution in [3.05, 3.63) is 133 Å². The second-order valence-electron chi connectivity index (χ2n) is 10.5. The van der Waals surface area contributed by atoms with E-state index in [0.717, 1.165) is 44.6 Å². The molecule has 0 amide bonds. The Kier molecular flexibility index (Phi) is 4.35. The third-order valence-corrected chi connectivity index (χ3v) is 8.20. The fraction of sp³-hybridized carbons (Fsp3) is 0.0278. The number of aromatic nitrogens is 1. The van der Waals surface area contributed by atoms with Crippen LogP contribution in [0.4, 0.5) is 11.4 Å². The summed E-state index contributed by atoms with van der Waals surface area (Å²) in [5, 5.41) is 11.0. The van der Waals surface area contributed by atoms with Gasteiger partial charge >= 0.3 is 0 Å². The molecular formula is C36H23N3O. The zero-order valence-electron chi connectivity index (χ0n) is 21.5. The van der Waals surface area contributed by atoms with Gasteiger partial charge in [0.2, 0.25) is 0 Å². The normalized spacial score (nSPS) is 15.1. The monoisotopic (exact) mass is 513 g/mol. The molecule has 9 rings (SSSR count). The van der Waals surface area contributed by atoms with E-state index in [4.69, 9.17) is 9.41 Å². The molecule has 1 aliphatic heterocycles. The zero-order valence-corrected chi connectivity index (χ0v) is 21.5. The van der Waals surface area contributed by atoms with Crippen LogP contribution in [0.5, 0.6) is 0 Å². The highest BCUT2D eigenvalue weighted by Gasteiger charge is 2.29. The van der Waals surface area contributed by atoms with Gasteiger partial charge in [-0.25, -0.2) is 4.99 Å². The molecule has 1 aliphatic rings. The van der Waals surface area contributed by atoms with E-state index in [1.165, 1.54) is 32.6 Å². The fourth-order valence-electron chi connectivity index (χ4n) is 6.36. The number of furan rings is 1. The maximum atomic E-state index is 6.15. The summed E-state index contributed by atoms with van der Waals surface area (Å²) in [5.74, 6) is 0. The van der Waals surface area contributed by atoms with E-state index in [2.05, 4.69) is 119 Å². The number of fused-ring (bicyclic) bond motifs is 8. The first-order valence-corrected chi connectivity index (χ1v) is 13.6. The van der Waals surface area contributed by atoms with E-state index in [9.17, 15) is 0 Å². The molecule has 4 nitrogen and oxygen atoms in total. The van der Waals surface area contributed by atoms with Gasteiger partial charge in [0.15, 0.2) is 0 Å². The highest BCUT2D eigenvalue weighted by atomic mass is 16.3. The molecule has 1 unspecified atom stereocenters. The Balaban J connectivity index is 1.35. The lowest BCUT2D eigenvalue weighted by Gasteiger charge is -2.30. The van der Waals surface area contributed by atoms with Crippen molar-refractivity contribution in [1.82, 2.24) is 4.57 Å². The first kappa shape index (κ1) is 21.6. The average molecular weight is 514 g/mol. The van der Waals surface area contributed by atoms with E-state index >= 15 is 0 Å². The molecule has 1 atom stereocenters. The van der Waals surface area contributed by atoms with Gasteiger partial charge in [0.1, 0.15) is 17.3 Å². The van der Waals surface area contributed by atoms with Crippen LogP contribution in [0.25, 0.3) is 54.5 Å². The van der Waals surface area contributed by atoms with Gasteiger partial charge in [-0.05, 0) is 65.4 Å². The molecule has 0 fully saturated rings. The smallest absolute Gasteiger partial charge is 0.148 e. The summed E-state index contributed by atoms with van der Waals surface area (Å²) in [6.45, 7) is 0. The van der Waals surface area contributed by atoms with Crippen LogP contribution in [0.2, 0.25) is 0 Å². The number of anilines is 1. The molecule has 0 bridgehead atoms. The molecule has 0 saturated heterocycles. The molecule has 8 aromatic rings. The van der Waals surface area contributed by atoms with Gasteiger partial charge in [0, 0.05) is 27.1 Å². The lowest BCUT2D eigenvalue weighted by molar-refractivity contribution is 0.669. The van der Waals surface area contributed by atoms with Gasteiger partial charge < -0.3 is 14.3 Å². The minimum Gasteiger partial charge on any atom is -0.456 e. The van der Waals surface area contributed by atoms with Crippen LogP contribution in [0.3, 0.4) is 0 Å². The molecule has 1 N–H and O–H groups in total. The highest BCUT2D eigenvalue weighted by molar-refractivity contribution is 6.17. The van der Waals surface area contributed by atoms with E-state index in [1.54, 1.807) is 0 Å². The Bertz CT molecular complexity index is 2320. The van der Waals surface area contributed by atoms with Crippen LogP contribution in [0.1, 0.15) is 11.7 Å². The van der Waals surface area contributed by atoms with Crippen LogP contribution in [0.15, 0.2) is 137 Å². The Hall–Kier alpha value is -5.35. The van der Waals surface area contributed by atoms with Crippen LogP contribution in [-0.4, -0.2) is 10.3 Å². The topological polar surface area (TPSA) is 42.5 Å². The number of benzene rings is 6. The van der Waals surface area contributed by atoms with Gasteiger partial charge in [0.25, 0.3) is 0 Å². The minimum absolute atomic E-state index is 0.214. The summed E-state index contributed by atoms with van der Waals surface area (Å²) < 4.78 is 8.57. The number of para-hydroxylation sites is 4. The first-order valence-electron chi connectivity index (χ1n) is 13.6. The Morgan fingerprint density at radius 1 is 0.575 bits per heavy atom. The molecule has 2 aromatic heterocycles.